The summed E-state index contributed by atoms with van der Waals surface area (Å²) in [5.41, 5.74) is 0.557. The average Bonchev–Trinajstić information content (AvgIpc) is 3.72. The molecule has 1 atom stereocenters. The molecule has 1 heterocycles. The van der Waals surface area contributed by atoms with Gasteiger partial charge >= 0.3 is 0 Å². The van der Waals surface area contributed by atoms with E-state index in [1.807, 2.05) is 11.3 Å². The average molecular weight is 599 g/mol. The van der Waals surface area contributed by atoms with E-state index in [4.69, 9.17) is 0 Å². The molecular weight excluding hydrogens is 557 g/mol. The fourth-order valence-electron chi connectivity index (χ4n) is 9.23. The number of hydrogen-bond acceptors (Lipinski definition) is 2. The molecule has 4 aromatic carbocycles. The van der Waals surface area contributed by atoms with Crippen LogP contribution in [0.4, 0.5) is 0 Å². The molecule has 0 N–H and O–H groups in total. The van der Waals surface area contributed by atoms with Crippen molar-refractivity contribution in [3.05, 3.63) is 131 Å². The van der Waals surface area contributed by atoms with Gasteiger partial charge in [-0.3, -0.25) is 4.79 Å². The highest BCUT2D eigenvalue weighted by Gasteiger charge is 2.71. The summed E-state index contributed by atoms with van der Waals surface area (Å²) in [7, 11) is -2.41. The maximum atomic E-state index is 15.1. The van der Waals surface area contributed by atoms with Crippen LogP contribution in [0.2, 0.25) is 11.1 Å². The highest BCUT2D eigenvalue weighted by molar-refractivity contribution is 7.09. The van der Waals surface area contributed by atoms with E-state index in [2.05, 4.69) is 141 Å². The van der Waals surface area contributed by atoms with Gasteiger partial charge in [-0.1, -0.05) is 134 Å². The third-order valence-electron chi connectivity index (χ3n) is 11.3. The molecule has 3 heteroatoms. The molecular formula is C40H42OSSi. The Morgan fingerprint density at radius 1 is 0.767 bits per heavy atom. The first-order valence-electron chi connectivity index (χ1n) is 15.9. The zero-order chi connectivity index (χ0) is 29.7. The smallest absolute Gasteiger partial charge is 0.169 e. The summed E-state index contributed by atoms with van der Waals surface area (Å²) in [6, 6.07) is 43.3. The van der Waals surface area contributed by atoms with E-state index >= 15 is 4.79 Å². The molecule has 8 rings (SSSR count). The van der Waals surface area contributed by atoms with Crippen molar-refractivity contribution in [2.24, 2.45) is 16.7 Å². The minimum absolute atomic E-state index is 0.0461. The summed E-state index contributed by atoms with van der Waals surface area (Å²) in [5.74, 6) is 1.04. The molecule has 3 fully saturated rings. The van der Waals surface area contributed by atoms with Gasteiger partial charge in [-0.05, 0) is 82.8 Å². The van der Waals surface area contributed by atoms with Gasteiger partial charge in [0.15, 0.2) is 5.78 Å². The number of carbonyl (C=O) groups is 1. The molecule has 0 unspecified atom stereocenters. The van der Waals surface area contributed by atoms with Crippen molar-refractivity contribution in [1.29, 1.82) is 0 Å². The SMILES string of the molecule is CC(C)(C)[Si](C[C@]1(CCc2cccs2)CC2CC1(C(=O)c1ccc3ccccc3c1)C2)(c1ccccc1)c1ccccc1. The van der Waals surface area contributed by atoms with Crippen LogP contribution < -0.4 is 10.4 Å². The largest absolute Gasteiger partial charge is 0.294 e. The third-order valence-corrected chi connectivity index (χ3v) is 18.6. The van der Waals surface area contributed by atoms with Crippen molar-refractivity contribution in [1.82, 2.24) is 0 Å². The molecule has 3 aliphatic carbocycles. The van der Waals surface area contributed by atoms with Gasteiger partial charge in [-0.2, -0.15) is 0 Å². The Morgan fingerprint density at radius 2 is 1.40 bits per heavy atom. The van der Waals surface area contributed by atoms with E-state index in [0.717, 1.165) is 42.7 Å². The predicted octanol–water partition coefficient (Wildman–Crippen LogP) is 9.57. The first-order chi connectivity index (χ1) is 20.8. The number of hydrogen-bond donors (Lipinski definition) is 0. The van der Waals surface area contributed by atoms with Gasteiger partial charge in [-0.15, -0.1) is 11.3 Å². The maximum absolute atomic E-state index is 15.1. The number of Topliss-reactive ketones (excluding diaryl/α,β-unsaturated/α-hetero) is 1. The minimum Gasteiger partial charge on any atom is -0.294 e. The summed E-state index contributed by atoms with van der Waals surface area (Å²) in [5, 5.41) is 7.63. The second kappa shape index (κ2) is 10.7. The summed E-state index contributed by atoms with van der Waals surface area (Å²) >= 11 is 1.87. The Kier molecular flexibility index (Phi) is 7.10. The van der Waals surface area contributed by atoms with E-state index in [9.17, 15) is 0 Å². The van der Waals surface area contributed by atoms with Crippen LogP contribution in [-0.2, 0) is 6.42 Å². The van der Waals surface area contributed by atoms with Gasteiger partial charge in [-0.25, -0.2) is 0 Å². The number of rotatable bonds is 9. The van der Waals surface area contributed by atoms with Crippen LogP contribution in [0.5, 0.6) is 0 Å². The van der Waals surface area contributed by atoms with Crippen LogP contribution in [0.25, 0.3) is 10.8 Å². The van der Waals surface area contributed by atoms with Crippen molar-refractivity contribution in [3.8, 4) is 0 Å². The van der Waals surface area contributed by atoms with Crippen molar-refractivity contribution in [3.63, 3.8) is 0 Å². The van der Waals surface area contributed by atoms with Crippen LogP contribution in [-0.4, -0.2) is 13.9 Å². The lowest BCUT2D eigenvalue weighted by Crippen LogP contribution is -2.67. The van der Waals surface area contributed by atoms with Gasteiger partial charge in [0.2, 0.25) is 0 Å². The van der Waals surface area contributed by atoms with Gasteiger partial charge in [0.1, 0.15) is 8.07 Å². The minimum atomic E-state index is -2.41. The van der Waals surface area contributed by atoms with Crippen molar-refractivity contribution in [2.45, 2.75) is 64.0 Å². The van der Waals surface area contributed by atoms with Crippen molar-refractivity contribution >= 4 is 46.3 Å². The monoisotopic (exact) mass is 598 g/mol. The molecule has 5 aromatic rings. The first kappa shape index (κ1) is 28.5. The number of carbonyl (C=O) groups excluding carboxylic acids is 1. The summed E-state index contributed by atoms with van der Waals surface area (Å²) in [4.78, 5) is 16.5. The number of aryl methyl sites for hydroxylation is 1. The summed E-state index contributed by atoms with van der Waals surface area (Å²) in [6.07, 6.45) is 5.38. The van der Waals surface area contributed by atoms with Gasteiger partial charge in [0.05, 0.1) is 0 Å². The Bertz CT molecular complexity index is 1690. The van der Waals surface area contributed by atoms with E-state index in [-0.39, 0.29) is 15.9 Å². The second-order valence-corrected chi connectivity index (χ2v) is 20.2. The molecule has 0 amide bonds. The van der Waals surface area contributed by atoms with Crippen molar-refractivity contribution in [2.75, 3.05) is 0 Å². The third kappa shape index (κ3) is 4.59. The highest BCUT2D eigenvalue weighted by atomic mass is 32.1. The molecule has 1 aromatic heterocycles. The molecule has 0 aliphatic heterocycles. The topological polar surface area (TPSA) is 17.1 Å². The molecule has 3 saturated carbocycles. The van der Waals surface area contributed by atoms with E-state index in [1.165, 1.54) is 27.1 Å². The second-order valence-electron chi connectivity index (χ2n) is 14.4. The van der Waals surface area contributed by atoms with Crippen LogP contribution in [0, 0.1) is 16.7 Å². The molecule has 218 valence electrons. The zero-order valence-corrected chi connectivity index (χ0v) is 27.5. The lowest BCUT2D eigenvalue weighted by atomic mass is 9.56. The summed E-state index contributed by atoms with van der Waals surface area (Å²) in [6.45, 7) is 7.43. The van der Waals surface area contributed by atoms with Gasteiger partial charge < -0.3 is 0 Å². The fourth-order valence-corrected chi connectivity index (χ4v) is 16.1. The first-order valence-corrected chi connectivity index (χ1v) is 19.0. The molecule has 2 bridgehead atoms. The number of thiophene rings is 1. The quantitative estimate of drug-likeness (QED) is 0.122. The molecule has 43 heavy (non-hydrogen) atoms. The number of fused-ring (bicyclic) bond motifs is 2. The zero-order valence-electron chi connectivity index (χ0n) is 25.7. The Morgan fingerprint density at radius 3 is 2.00 bits per heavy atom. The maximum Gasteiger partial charge on any atom is 0.169 e. The van der Waals surface area contributed by atoms with E-state index < -0.39 is 8.07 Å². The lowest BCUT2D eigenvalue weighted by molar-refractivity contribution is 0.0312. The molecule has 3 aliphatic rings. The Hall–Kier alpha value is -3.27. The Labute approximate surface area is 262 Å². The lowest BCUT2D eigenvalue weighted by Gasteiger charge is -2.54. The van der Waals surface area contributed by atoms with E-state index in [0.29, 0.717) is 11.7 Å². The Balaban J connectivity index is 1.41. The van der Waals surface area contributed by atoms with Crippen LogP contribution in [0.15, 0.2) is 121 Å². The van der Waals surface area contributed by atoms with Crippen LogP contribution >= 0.6 is 11.3 Å². The predicted molar refractivity (Wildman–Crippen MR) is 186 cm³/mol. The highest BCUT2D eigenvalue weighted by Crippen LogP contribution is 2.74. The standard InChI is InChI=1S/C40H42OSSi/c1-38(2,3)43(35-16-6-4-7-17-35,36-18-8-5-9-19-36)29-39(23-22-34-15-12-24-42-34)26-30-27-40(39,28-30)37(41)33-21-20-31-13-10-11-14-32(31)25-33/h4-21,24-25,30H,22-23,26-29H2,1-3H3/t30?,39-,40?/m0/s1. The normalized spacial score (nSPS) is 23.3. The molecule has 1 nitrogen and oxygen atoms in total. The molecule has 0 saturated heterocycles. The van der Waals surface area contributed by atoms with Crippen molar-refractivity contribution < 1.29 is 4.79 Å². The van der Waals surface area contributed by atoms with Crippen LogP contribution in [0.1, 0.15) is 61.7 Å². The number of benzene rings is 4. The van der Waals surface area contributed by atoms with E-state index in [1.54, 1.807) is 0 Å². The number of ketones is 1. The van der Waals surface area contributed by atoms with Crippen LogP contribution in [0.3, 0.4) is 0 Å². The summed E-state index contributed by atoms with van der Waals surface area (Å²) < 4.78 is 0. The van der Waals surface area contributed by atoms with Gasteiger partial charge in [0, 0.05) is 15.9 Å². The molecule has 0 radical (unpaired) electrons. The fraction of sp³-hybridized carbons (Fsp3) is 0.325. The molecule has 0 spiro atoms. The van der Waals surface area contributed by atoms with Gasteiger partial charge in [0.25, 0.3) is 0 Å².